The molecule has 6 heteroatoms. The topological polar surface area (TPSA) is 70.4 Å². The van der Waals surface area contributed by atoms with Gasteiger partial charge in [0.1, 0.15) is 5.15 Å². The number of aromatic nitrogens is 1. The van der Waals surface area contributed by atoms with Crippen molar-refractivity contribution in [3.8, 4) is 0 Å². The fourth-order valence-corrected chi connectivity index (χ4v) is 4.64. The second-order valence-electron chi connectivity index (χ2n) is 5.74. The van der Waals surface area contributed by atoms with E-state index in [0.717, 1.165) is 22.0 Å². The summed E-state index contributed by atoms with van der Waals surface area (Å²) in [6.07, 6.45) is 0.594. The van der Waals surface area contributed by atoms with Crippen LogP contribution in [0.1, 0.15) is 43.4 Å². The predicted octanol–water partition coefficient (Wildman–Crippen LogP) is 4.70. The first-order valence-electron chi connectivity index (χ1n) is 7.30. The molecule has 120 valence electrons. The summed E-state index contributed by atoms with van der Waals surface area (Å²) in [4.78, 5) is 24.2. The molecular formula is C16H21ClNO3P. The van der Waals surface area contributed by atoms with Gasteiger partial charge in [-0.3, -0.25) is 4.57 Å². The van der Waals surface area contributed by atoms with Gasteiger partial charge in [0.2, 0.25) is 0 Å². The van der Waals surface area contributed by atoms with Gasteiger partial charge in [0.15, 0.2) is 0 Å². The number of fused-ring (bicyclic) bond motifs is 1. The molecule has 0 bridgehead atoms. The maximum Gasteiger partial charge on any atom is 0.336 e. The highest BCUT2D eigenvalue weighted by Crippen LogP contribution is 2.62. The summed E-state index contributed by atoms with van der Waals surface area (Å²) in [7, 11) is -4.38. The van der Waals surface area contributed by atoms with Crippen molar-refractivity contribution in [1.29, 1.82) is 0 Å². The number of halogens is 1. The van der Waals surface area contributed by atoms with Crippen molar-refractivity contribution in [3.63, 3.8) is 0 Å². The van der Waals surface area contributed by atoms with E-state index < -0.39 is 12.8 Å². The van der Waals surface area contributed by atoms with Crippen molar-refractivity contribution in [1.82, 2.24) is 4.98 Å². The molecule has 0 saturated carbocycles. The van der Waals surface area contributed by atoms with Crippen molar-refractivity contribution in [3.05, 3.63) is 40.0 Å². The first-order chi connectivity index (χ1) is 10.2. The minimum Gasteiger partial charge on any atom is -0.324 e. The molecule has 0 aliphatic heterocycles. The monoisotopic (exact) mass is 341 g/mol. The van der Waals surface area contributed by atoms with E-state index in [1.807, 2.05) is 26.0 Å². The highest BCUT2D eigenvalue weighted by Gasteiger charge is 2.47. The molecule has 2 rings (SSSR count). The van der Waals surface area contributed by atoms with Crippen LogP contribution in [0.25, 0.3) is 10.9 Å². The number of pyridine rings is 1. The average Bonchev–Trinajstić information content (AvgIpc) is 2.42. The molecule has 0 atom stereocenters. The van der Waals surface area contributed by atoms with Gasteiger partial charge in [-0.05, 0) is 56.0 Å². The summed E-state index contributed by atoms with van der Waals surface area (Å²) in [5, 5.41) is -0.269. The first-order valence-corrected chi connectivity index (χ1v) is 9.29. The van der Waals surface area contributed by atoms with Gasteiger partial charge in [-0.15, -0.1) is 0 Å². The van der Waals surface area contributed by atoms with E-state index in [0.29, 0.717) is 18.4 Å². The lowest BCUT2D eigenvalue weighted by atomic mass is 9.92. The minimum absolute atomic E-state index is 0.169. The number of aryl methyl sites for hydroxylation is 2. The normalized spacial score (nSPS) is 12.9. The Hall–Kier alpha value is -0.930. The van der Waals surface area contributed by atoms with Gasteiger partial charge < -0.3 is 9.79 Å². The van der Waals surface area contributed by atoms with Crippen molar-refractivity contribution in [2.24, 2.45) is 0 Å². The van der Waals surface area contributed by atoms with Crippen LogP contribution in [-0.2, 0) is 9.72 Å². The van der Waals surface area contributed by atoms with Gasteiger partial charge in [-0.2, -0.15) is 0 Å². The van der Waals surface area contributed by atoms with Crippen LogP contribution in [0.3, 0.4) is 0 Å². The SMILES string of the molecule is CCC(CC)(c1cc2cc(C)c(C)cc2nc1Cl)P(=O)(O)O. The van der Waals surface area contributed by atoms with Gasteiger partial charge in [0, 0.05) is 10.9 Å². The van der Waals surface area contributed by atoms with Gasteiger partial charge in [-0.1, -0.05) is 25.4 Å². The standard InChI is InChI=1S/C16H21ClNO3P/c1-5-16(6-2,22(19,20)21)13-9-12-7-10(3)11(4)8-14(12)18-15(13)17/h7-9H,5-6H2,1-4H3,(H2,19,20,21). The van der Waals surface area contributed by atoms with Crippen LogP contribution in [-0.4, -0.2) is 14.8 Å². The van der Waals surface area contributed by atoms with Gasteiger partial charge in [-0.25, -0.2) is 4.98 Å². The Bertz CT molecular complexity index is 766. The summed E-state index contributed by atoms with van der Waals surface area (Å²) < 4.78 is 12.1. The lowest BCUT2D eigenvalue weighted by Crippen LogP contribution is -2.25. The van der Waals surface area contributed by atoms with E-state index in [9.17, 15) is 14.4 Å². The minimum atomic E-state index is -4.38. The Kier molecular flexibility index (Phi) is 4.70. The molecule has 1 aromatic carbocycles. The maximum absolute atomic E-state index is 12.1. The molecule has 0 aliphatic rings. The quantitative estimate of drug-likeness (QED) is 0.624. The summed E-state index contributed by atoms with van der Waals surface area (Å²) in [5.74, 6) is 0. The summed E-state index contributed by atoms with van der Waals surface area (Å²) in [6, 6.07) is 5.70. The molecule has 22 heavy (non-hydrogen) atoms. The molecule has 0 fully saturated rings. The molecule has 1 aromatic heterocycles. The number of nitrogens with zero attached hydrogens (tertiary/aromatic N) is 1. The molecule has 0 unspecified atom stereocenters. The molecule has 0 radical (unpaired) electrons. The lowest BCUT2D eigenvalue weighted by molar-refractivity contribution is 0.315. The fraction of sp³-hybridized carbons (Fsp3) is 0.438. The maximum atomic E-state index is 12.1. The fourth-order valence-electron chi connectivity index (χ4n) is 2.94. The van der Waals surface area contributed by atoms with Crippen molar-refractivity contribution >= 4 is 30.1 Å². The second kappa shape index (κ2) is 5.93. The largest absolute Gasteiger partial charge is 0.336 e. The molecule has 0 spiro atoms. The zero-order chi connectivity index (χ0) is 16.7. The zero-order valence-corrected chi connectivity index (χ0v) is 14.9. The number of rotatable bonds is 4. The molecule has 2 aromatic rings. The van der Waals surface area contributed by atoms with Crippen LogP contribution >= 0.6 is 19.2 Å². The Morgan fingerprint density at radius 1 is 1.14 bits per heavy atom. The average molecular weight is 342 g/mol. The van der Waals surface area contributed by atoms with Gasteiger partial charge in [0.05, 0.1) is 10.7 Å². The number of hydrogen-bond donors (Lipinski definition) is 2. The van der Waals surface area contributed by atoms with Crippen LogP contribution in [0.2, 0.25) is 5.15 Å². The van der Waals surface area contributed by atoms with Gasteiger partial charge in [0.25, 0.3) is 0 Å². The third-order valence-electron chi connectivity index (χ3n) is 4.61. The highest BCUT2D eigenvalue weighted by atomic mass is 35.5. The van der Waals surface area contributed by atoms with E-state index in [1.54, 1.807) is 19.9 Å². The van der Waals surface area contributed by atoms with E-state index in [1.165, 1.54) is 0 Å². The van der Waals surface area contributed by atoms with Crippen LogP contribution in [0.15, 0.2) is 18.2 Å². The Balaban J connectivity index is 2.82. The van der Waals surface area contributed by atoms with E-state index in [-0.39, 0.29) is 5.15 Å². The number of hydrogen-bond acceptors (Lipinski definition) is 2. The summed E-state index contributed by atoms with van der Waals surface area (Å²) in [5.41, 5.74) is 3.39. The second-order valence-corrected chi connectivity index (χ2v) is 8.04. The zero-order valence-electron chi connectivity index (χ0n) is 13.2. The summed E-state index contributed by atoms with van der Waals surface area (Å²) >= 11 is 6.29. The van der Waals surface area contributed by atoms with Crippen LogP contribution < -0.4 is 0 Å². The van der Waals surface area contributed by atoms with Crippen LogP contribution in [0.5, 0.6) is 0 Å². The molecule has 0 saturated heterocycles. The molecule has 4 nitrogen and oxygen atoms in total. The third-order valence-corrected chi connectivity index (χ3v) is 6.89. The number of benzene rings is 1. The Morgan fingerprint density at radius 2 is 1.68 bits per heavy atom. The Morgan fingerprint density at radius 3 is 2.18 bits per heavy atom. The van der Waals surface area contributed by atoms with Crippen LogP contribution in [0, 0.1) is 13.8 Å². The highest BCUT2D eigenvalue weighted by molar-refractivity contribution is 7.53. The molecule has 1 heterocycles. The predicted molar refractivity (Wildman–Crippen MR) is 90.5 cm³/mol. The molecular weight excluding hydrogens is 321 g/mol. The first kappa shape index (κ1) is 17.4. The van der Waals surface area contributed by atoms with Crippen LogP contribution in [0.4, 0.5) is 0 Å². The van der Waals surface area contributed by atoms with Crippen molar-refractivity contribution in [2.75, 3.05) is 0 Å². The van der Waals surface area contributed by atoms with E-state index in [2.05, 4.69) is 4.98 Å². The van der Waals surface area contributed by atoms with Crippen molar-refractivity contribution < 1.29 is 14.4 Å². The summed E-state index contributed by atoms with van der Waals surface area (Å²) in [6.45, 7) is 7.53. The lowest BCUT2D eigenvalue weighted by Gasteiger charge is -2.33. The Labute approximate surface area is 135 Å². The van der Waals surface area contributed by atoms with Crippen molar-refractivity contribution in [2.45, 2.75) is 45.7 Å². The molecule has 0 amide bonds. The van der Waals surface area contributed by atoms with E-state index >= 15 is 0 Å². The smallest absolute Gasteiger partial charge is 0.324 e. The van der Waals surface area contributed by atoms with E-state index in [4.69, 9.17) is 11.6 Å². The molecule has 2 N–H and O–H groups in total. The molecule has 0 aliphatic carbocycles. The third kappa shape index (κ3) is 2.69. The van der Waals surface area contributed by atoms with Gasteiger partial charge >= 0.3 is 7.60 Å².